The van der Waals surface area contributed by atoms with Crippen molar-refractivity contribution >= 4 is 5.65 Å². The number of rotatable bonds is 2. The molecule has 0 aromatic carbocycles. The van der Waals surface area contributed by atoms with Gasteiger partial charge in [0, 0.05) is 18.1 Å². The third-order valence-electron chi connectivity index (χ3n) is 2.86. The molecule has 0 radical (unpaired) electrons. The van der Waals surface area contributed by atoms with Gasteiger partial charge >= 0.3 is 0 Å². The highest BCUT2D eigenvalue weighted by atomic mass is 15.0. The van der Waals surface area contributed by atoms with Crippen molar-refractivity contribution in [3.05, 3.63) is 36.3 Å². The summed E-state index contributed by atoms with van der Waals surface area (Å²) >= 11 is 0. The van der Waals surface area contributed by atoms with Gasteiger partial charge in [-0.25, -0.2) is 4.98 Å². The molecule has 0 bridgehead atoms. The number of imidazole rings is 1. The first-order valence-electron chi connectivity index (χ1n) is 5.05. The normalized spacial score (nSPS) is 17.1. The van der Waals surface area contributed by atoms with E-state index in [9.17, 15) is 0 Å². The predicted octanol–water partition coefficient (Wildman–Crippen LogP) is 1.10. The van der Waals surface area contributed by atoms with Crippen LogP contribution in [0.5, 0.6) is 0 Å². The minimum Gasteiger partial charge on any atom is -0.316 e. The lowest BCUT2D eigenvalue weighted by Crippen LogP contribution is -2.43. The number of nitrogens with one attached hydrogen (secondary N) is 1. The Hall–Kier alpha value is -1.35. The van der Waals surface area contributed by atoms with Gasteiger partial charge in [-0.2, -0.15) is 0 Å². The average molecular weight is 187 g/mol. The van der Waals surface area contributed by atoms with Crippen LogP contribution in [0.25, 0.3) is 5.65 Å². The number of hydrogen-bond acceptors (Lipinski definition) is 2. The van der Waals surface area contributed by atoms with E-state index in [0.717, 1.165) is 31.1 Å². The molecule has 0 amide bonds. The van der Waals surface area contributed by atoms with Gasteiger partial charge < -0.3 is 9.72 Å². The average Bonchev–Trinajstić information content (AvgIpc) is 2.55. The van der Waals surface area contributed by atoms with Crippen LogP contribution in [0.1, 0.15) is 5.69 Å². The van der Waals surface area contributed by atoms with Crippen LogP contribution in [-0.2, 0) is 6.42 Å². The first kappa shape index (κ1) is 8.00. The fraction of sp³-hybridized carbons (Fsp3) is 0.364. The van der Waals surface area contributed by atoms with E-state index in [0.29, 0.717) is 0 Å². The van der Waals surface area contributed by atoms with E-state index in [-0.39, 0.29) is 0 Å². The summed E-state index contributed by atoms with van der Waals surface area (Å²) in [6, 6.07) is 6.12. The molecule has 1 saturated heterocycles. The van der Waals surface area contributed by atoms with Gasteiger partial charge in [0.25, 0.3) is 0 Å². The molecule has 0 spiro atoms. The van der Waals surface area contributed by atoms with Crippen LogP contribution in [0.2, 0.25) is 0 Å². The molecule has 1 N–H and O–H groups in total. The van der Waals surface area contributed by atoms with Gasteiger partial charge in [-0.15, -0.1) is 0 Å². The Balaban J connectivity index is 1.95. The number of nitrogens with zero attached hydrogens (tertiary/aromatic N) is 2. The van der Waals surface area contributed by atoms with E-state index in [4.69, 9.17) is 0 Å². The Kier molecular flexibility index (Phi) is 1.77. The molecule has 3 nitrogen and oxygen atoms in total. The fourth-order valence-electron chi connectivity index (χ4n) is 1.92. The maximum atomic E-state index is 4.37. The molecular formula is C11H13N3. The number of pyridine rings is 1. The maximum absolute atomic E-state index is 4.37. The molecule has 3 heterocycles. The van der Waals surface area contributed by atoms with Gasteiger partial charge in [-0.3, -0.25) is 0 Å². The number of hydrogen-bond donors (Lipinski definition) is 1. The van der Waals surface area contributed by atoms with Crippen molar-refractivity contribution in [1.29, 1.82) is 0 Å². The highest BCUT2D eigenvalue weighted by molar-refractivity contribution is 5.39. The summed E-state index contributed by atoms with van der Waals surface area (Å²) in [6.07, 6.45) is 5.22. The molecule has 2 aromatic rings. The van der Waals surface area contributed by atoms with E-state index in [2.05, 4.69) is 27.0 Å². The Morgan fingerprint density at radius 3 is 3.14 bits per heavy atom. The van der Waals surface area contributed by atoms with Crippen molar-refractivity contribution in [3.63, 3.8) is 0 Å². The van der Waals surface area contributed by atoms with Gasteiger partial charge in [0.1, 0.15) is 5.65 Å². The van der Waals surface area contributed by atoms with E-state index < -0.39 is 0 Å². The van der Waals surface area contributed by atoms with E-state index >= 15 is 0 Å². The third kappa shape index (κ3) is 1.21. The molecule has 0 atom stereocenters. The van der Waals surface area contributed by atoms with Gasteiger partial charge in [0.05, 0.1) is 0 Å². The quantitative estimate of drug-likeness (QED) is 0.762. The summed E-state index contributed by atoms with van der Waals surface area (Å²) < 4.78 is 2.18. The third-order valence-corrected chi connectivity index (χ3v) is 2.86. The lowest BCUT2D eigenvalue weighted by atomic mass is 9.98. The SMILES string of the molecule is c1ccn2c(CC3CNC3)cnc2c1. The Labute approximate surface area is 82.8 Å². The molecule has 0 unspecified atom stereocenters. The molecule has 3 rings (SSSR count). The lowest BCUT2D eigenvalue weighted by Gasteiger charge is -2.26. The summed E-state index contributed by atoms with van der Waals surface area (Å²) in [5.41, 5.74) is 2.38. The second kappa shape index (κ2) is 3.10. The molecule has 1 aliphatic heterocycles. The van der Waals surface area contributed by atoms with Gasteiger partial charge in [-0.1, -0.05) is 6.07 Å². The highest BCUT2D eigenvalue weighted by Crippen LogP contribution is 2.14. The zero-order chi connectivity index (χ0) is 9.38. The predicted molar refractivity (Wildman–Crippen MR) is 55.3 cm³/mol. The minimum atomic E-state index is 0.801. The summed E-state index contributed by atoms with van der Waals surface area (Å²) in [5.74, 6) is 0.801. The van der Waals surface area contributed by atoms with Gasteiger partial charge in [0.2, 0.25) is 0 Å². The number of aromatic nitrogens is 2. The van der Waals surface area contributed by atoms with Crippen molar-refractivity contribution in [2.75, 3.05) is 13.1 Å². The van der Waals surface area contributed by atoms with Crippen molar-refractivity contribution < 1.29 is 0 Å². The molecule has 1 aliphatic rings. The Morgan fingerprint density at radius 1 is 1.43 bits per heavy atom. The van der Waals surface area contributed by atoms with Crippen LogP contribution in [0, 0.1) is 5.92 Å². The van der Waals surface area contributed by atoms with Crippen LogP contribution in [0.3, 0.4) is 0 Å². The van der Waals surface area contributed by atoms with Crippen molar-refractivity contribution in [1.82, 2.24) is 14.7 Å². The van der Waals surface area contributed by atoms with Gasteiger partial charge in [0.15, 0.2) is 0 Å². The van der Waals surface area contributed by atoms with E-state index in [1.54, 1.807) is 0 Å². The van der Waals surface area contributed by atoms with Crippen LogP contribution in [0.15, 0.2) is 30.6 Å². The molecule has 2 aromatic heterocycles. The zero-order valence-electron chi connectivity index (χ0n) is 7.98. The molecule has 1 fully saturated rings. The molecule has 14 heavy (non-hydrogen) atoms. The summed E-state index contributed by atoms with van der Waals surface area (Å²) in [6.45, 7) is 2.31. The zero-order valence-corrected chi connectivity index (χ0v) is 7.98. The minimum absolute atomic E-state index is 0.801. The Bertz CT molecular complexity index is 442. The highest BCUT2D eigenvalue weighted by Gasteiger charge is 2.18. The van der Waals surface area contributed by atoms with Crippen LogP contribution >= 0.6 is 0 Å². The monoisotopic (exact) mass is 187 g/mol. The number of fused-ring (bicyclic) bond motifs is 1. The van der Waals surface area contributed by atoms with E-state index in [1.807, 2.05) is 18.3 Å². The summed E-state index contributed by atoms with van der Waals surface area (Å²) in [5, 5.41) is 3.29. The standard InChI is InChI=1S/C11H13N3/c1-2-4-14-10(5-9-6-12-7-9)8-13-11(14)3-1/h1-4,8-9,12H,5-7H2. The Morgan fingerprint density at radius 2 is 2.36 bits per heavy atom. The molecule has 0 saturated carbocycles. The smallest absolute Gasteiger partial charge is 0.136 e. The van der Waals surface area contributed by atoms with Crippen molar-refractivity contribution in [3.8, 4) is 0 Å². The molecule has 72 valence electrons. The first-order chi connectivity index (χ1) is 6.93. The molecule has 0 aliphatic carbocycles. The summed E-state index contributed by atoms with van der Waals surface area (Å²) in [4.78, 5) is 4.37. The first-order valence-corrected chi connectivity index (χ1v) is 5.05. The van der Waals surface area contributed by atoms with Crippen LogP contribution in [0.4, 0.5) is 0 Å². The lowest BCUT2D eigenvalue weighted by molar-refractivity contribution is 0.343. The van der Waals surface area contributed by atoms with E-state index in [1.165, 1.54) is 5.69 Å². The second-order valence-electron chi connectivity index (χ2n) is 3.91. The second-order valence-corrected chi connectivity index (χ2v) is 3.91. The largest absolute Gasteiger partial charge is 0.316 e. The molecular weight excluding hydrogens is 174 g/mol. The van der Waals surface area contributed by atoms with Gasteiger partial charge in [-0.05, 0) is 37.6 Å². The van der Waals surface area contributed by atoms with Crippen molar-refractivity contribution in [2.45, 2.75) is 6.42 Å². The summed E-state index contributed by atoms with van der Waals surface area (Å²) in [7, 11) is 0. The van der Waals surface area contributed by atoms with Crippen LogP contribution in [-0.4, -0.2) is 22.5 Å². The van der Waals surface area contributed by atoms with Crippen LogP contribution < -0.4 is 5.32 Å². The van der Waals surface area contributed by atoms with Crippen molar-refractivity contribution in [2.24, 2.45) is 5.92 Å². The topological polar surface area (TPSA) is 29.3 Å². The molecule has 3 heteroatoms. The fourth-order valence-corrected chi connectivity index (χ4v) is 1.92. The maximum Gasteiger partial charge on any atom is 0.136 e.